The second-order valence-corrected chi connectivity index (χ2v) is 5.80. The summed E-state index contributed by atoms with van der Waals surface area (Å²) in [6.07, 6.45) is 3.68. The third kappa shape index (κ3) is 4.90. The molecule has 0 fully saturated rings. The monoisotopic (exact) mass is 362 g/mol. The Balaban J connectivity index is 2.13. The predicted molar refractivity (Wildman–Crippen MR) is 95.3 cm³/mol. The van der Waals surface area contributed by atoms with Crippen LogP contribution >= 0.6 is 11.6 Å². The number of benzene rings is 1. The van der Waals surface area contributed by atoms with Crippen molar-refractivity contribution < 1.29 is 14.3 Å². The van der Waals surface area contributed by atoms with Crippen molar-refractivity contribution in [2.75, 3.05) is 12.4 Å². The lowest BCUT2D eigenvalue weighted by atomic mass is 10.2. The lowest BCUT2D eigenvalue weighted by Crippen LogP contribution is -2.32. The van der Waals surface area contributed by atoms with Crippen LogP contribution in [-0.2, 0) is 4.74 Å². The zero-order valence-electron chi connectivity index (χ0n) is 14.2. The molecule has 25 heavy (non-hydrogen) atoms. The van der Waals surface area contributed by atoms with E-state index in [1.54, 1.807) is 18.2 Å². The molecule has 0 aliphatic rings. The second kappa shape index (κ2) is 8.43. The number of rotatable bonds is 6. The molecule has 0 aliphatic heterocycles. The number of ether oxygens (including phenoxy) is 1. The average molecular weight is 363 g/mol. The minimum absolute atomic E-state index is 0.0742. The smallest absolute Gasteiger partial charge is 0.337 e. The van der Waals surface area contributed by atoms with E-state index in [1.807, 2.05) is 13.8 Å². The minimum atomic E-state index is -0.474. The molecule has 0 radical (unpaired) electrons. The van der Waals surface area contributed by atoms with Crippen molar-refractivity contribution in [2.45, 2.75) is 26.3 Å². The van der Waals surface area contributed by atoms with Gasteiger partial charge in [0, 0.05) is 18.4 Å². The van der Waals surface area contributed by atoms with Gasteiger partial charge in [0.25, 0.3) is 5.91 Å². The van der Waals surface area contributed by atoms with Gasteiger partial charge < -0.3 is 15.4 Å². The molecule has 0 saturated heterocycles. The van der Waals surface area contributed by atoms with E-state index in [9.17, 15) is 9.59 Å². The SMILES string of the molecule is CCC(C)NC(=O)c1cnc(Nc2cc(C(=O)OC)ccc2Cl)nc1. The Hall–Kier alpha value is -2.67. The molecule has 0 spiro atoms. The van der Waals surface area contributed by atoms with Crippen molar-refractivity contribution in [3.8, 4) is 0 Å². The third-order valence-corrected chi connectivity index (χ3v) is 3.87. The van der Waals surface area contributed by atoms with Crippen LogP contribution in [0.5, 0.6) is 0 Å². The number of anilines is 2. The molecule has 1 atom stereocenters. The largest absolute Gasteiger partial charge is 0.465 e. The Labute approximate surface area is 150 Å². The molecule has 0 aliphatic carbocycles. The molecular weight excluding hydrogens is 344 g/mol. The van der Waals surface area contributed by atoms with Crippen LogP contribution < -0.4 is 10.6 Å². The summed E-state index contributed by atoms with van der Waals surface area (Å²) < 4.78 is 4.68. The highest BCUT2D eigenvalue weighted by atomic mass is 35.5. The quantitative estimate of drug-likeness (QED) is 0.766. The summed E-state index contributed by atoms with van der Waals surface area (Å²) in [5.41, 5.74) is 1.17. The number of hydrogen-bond acceptors (Lipinski definition) is 6. The summed E-state index contributed by atoms with van der Waals surface area (Å²) >= 11 is 6.11. The van der Waals surface area contributed by atoms with Crippen molar-refractivity contribution in [1.82, 2.24) is 15.3 Å². The van der Waals surface area contributed by atoms with Crippen molar-refractivity contribution in [2.24, 2.45) is 0 Å². The Morgan fingerprint density at radius 3 is 2.52 bits per heavy atom. The highest BCUT2D eigenvalue weighted by Gasteiger charge is 2.12. The summed E-state index contributed by atoms with van der Waals surface area (Å²) in [5.74, 6) is -0.451. The molecule has 0 bridgehead atoms. The number of nitrogens with one attached hydrogen (secondary N) is 2. The average Bonchev–Trinajstić information content (AvgIpc) is 2.63. The zero-order chi connectivity index (χ0) is 18.4. The molecule has 0 saturated carbocycles. The molecule has 1 aromatic heterocycles. The van der Waals surface area contributed by atoms with E-state index < -0.39 is 5.97 Å². The van der Waals surface area contributed by atoms with Crippen LogP contribution in [0, 0.1) is 0 Å². The normalized spacial score (nSPS) is 11.5. The van der Waals surface area contributed by atoms with Crippen LogP contribution in [0.15, 0.2) is 30.6 Å². The van der Waals surface area contributed by atoms with Gasteiger partial charge in [0.1, 0.15) is 0 Å². The number of nitrogens with zero attached hydrogens (tertiary/aromatic N) is 2. The fourth-order valence-corrected chi connectivity index (χ4v) is 2.07. The van der Waals surface area contributed by atoms with Gasteiger partial charge in [-0.15, -0.1) is 0 Å². The summed E-state index contributed by atoms with van der Waals surface area (Å²) in [7, 11) is 1.30. The number of hydrogen-bond donors (Lipinski definition) is 2. The molecule has 2 N–H and O–H groups in total. The molecule has 132 valence electrons. The maximum atomic E-state index is 12.0. The van der Waals surface area contributed by atoms with Gasteiger partial charge >= 0.3 is 5.97 Å². The fourth-order valence-electron chi connectivity index (χ4n) is 1.91. The van der Waals surface area contributed by atoms with Gasteiger partial charge in [-0.05, 0) is 31.5 Å². The van der Waals surface area contributed by atoms with E-state index in [-0.39, 0.29) is 17.9 Å². The van der Waals surface area contributed by atoms with Crippen molar-refractivity contribution in [1.29, 1.82) is 0 Å². The number of aromatic nitrogens is 2. The Kier molecular flexibility index (Phi) is 6.30. The van der Waals surface area contributed by atoms with Gasteiger partial charge in [0.15, 0.2) is 0 Å². The molecule has 1 amide bonds. The number of amides is 1. The fraction of sp³-hybridized carbons (Fsp3) is 0.294. The molecule has 1 heterocycles. The van der Waals surface area contributed by atoms with Crippen LogP contribution in [0.4, 0.5) is 11.6 Å². The summed E-state index contributed by atoms with van der Waals surface area (Å²) in [6, 6.07) is 4.75. The van der Waals surface area contributed by atoms with E-state index in [2.05, 4.69) is 25.3 Å². The summed E-state index contributed by atoms with van der Waals surface area (Å²) in [5, 5.41) is 6.15. The van der Waals surface area contributed by atoms with Gasteiger partial charge in [0.05, 0.1) is 28.9 Å². The molecule has 2 rings (SSSR count). The molecule has 1 aromatic carbocycles. The first-order chi connectivity index (χ1) is 11.9. The zero-order valence-corrected chi connectivity index (χ0v) is 14.9. The maximum Gasteiger partial charge on any atom is 0.337 e. The summed E-state index contributed by atoms with van der Waals surface area (Å²) in [6.45, 7) is 3.91. The topological polar surface area (TPSA) is 93.2 Å². The molecule has 2 aromatic rings. The number of esters is 1. The first-order valence-corrected chi connectivity index (χ1v) is 8.10. The molecule has 8 heteroatoms. The van der Waals surface area contributed by atoms with E-state index >= 15 is 0 Å². The van der Waals surface area contributed by atoms with Gasteiger partial charge in [-0.2, -0.15) is 0 Å². The standard InChI is InChI=1S/C17H19ClN4O3/c1-4-10(2)21-15(23)12-8-19-17(20-9-12)22-14-7-11(16(24)25-3)5-6-13(14)18/h5-10H,4H2,1-3H3,(H,21,23)(H,19,20,22). The lowest BCUT2D eigenvalue weighted by Gasteiger charge is -2.11. The highest BCUT2D eigenvalue weighted by molar-refractivity contribution is 6.33. The number of methoxy groups -OCH3 is 1. The lowest BCUT2D eigenvalue weighted by molar-refractivity contribution is 0.0600. The molecule has 7 nitrogen and oxygen atoms in total. The van der Waals surface area contributed by atoms with E-state index in [4.69, 9.17) is 11.6 Å². The summed E-state index contributed by atoms with van der Waals surface area (Å²) in [4.78, 5) is 31.8. The van der Waals surface area contributed by atoms with E-state index in [0.717, 1.165) is 6.42 Å². The Morgan fingerprint density at radius 2 is 1.92 bits per heavy atom. The minimum Gasteiger partial charge on any atom is -0.465 e. The van der Waals surface area contributed by atoms with Crippen LogP contribution in [0.25, 0.3) is 0 Å². The number of carbonyl (C=O) groups excluding carboxylic acids is 2. The van der Waals surface area contributed by atoms with Crippen LogP contribution in [-0.4, -0.2) is 35.0 Å². The van der Waals surface area contributed by atoms with Gasteiger partial charge in [-0.1, -0.05) is 18.5 Å². The second-order valence-electron chi connectivity index (χ2n) is 5.39. The van der Waals surface area contributed by atoms with E-state index in [0.29, 0.717) is 21.8 Å². The molecule has 1 unspecified atom stereocenters. The third-order valence-electron chi connectivity index (χ3n) is 3.54. The predicted octanol–water partition coefficient (Wildman–Crippen LogP) is 3.19. The first-order valence-electron chi connectivity index (χ1n) is 7.72. The van der Waals surface area contributed by atoms with Gasteiger partial charge in [-0.25, -0.2) is 14.8 Å². The molecular formula is C17H19ClN4O3. The number of carbonyl (C=O) groups is 2. The van der Waals surface area contributed by atoms with Crippen molar-refractivity contribution in [3.05, 3.63) is 46.7 Å². The first kappa shape index (κ1) is 18.7. The van der Waals surface area contributed by atoms with Gasteiger partial charge in [-0.3, -0.25) is 4.79 Å². The van der Waals surface area contributed by atoms with Crippen LogP contribution in [0.2, 0.25) is 5.02 Å². The number of halogens is 1. The van der Waals surface area contributed by atoms with Crippen molar-refractivity contribution in [3.63, 3.8) is 0 Å². The van der Waals surface area contributed by atoms with Crippen molar-refractivity contribution >= 4 is 35.1 Å². The maximum absolute atomic E-state index is 12.0. The van der Waals surface area contributed by atoms with Crippen LogP contribution in [0.1, 0.15) is 41.0 Å². The van der Waals surface area contributed by atoms with Crippen LogP contribution in [0.3, 0.4) is 0 Å². The Bertz CT molecular complexity index is 765. The van der Waals surface area contributed by atoms with Gasteiger partial charge in [0.2, 0.25) is 5.95 Å². The van der Waals surface area contributed by atoms with E-state index in [1.165, 1.54) is 19.5 Å². The highest BCUT2D eigenvalue weighted by Crippen LogP contribution is 2.25. The Morgan fingerprint density at radius 1 is 1.24 bits per heavy atom.